The highest BCUT2D eigenvalue weighted by atomic mass is 35.5. The summed E-state index contributed by atoms with van der Waals surface area (Å²) in [7, 11) is 2.20. The molecule has 2 heterocycles. The smallest absolute Gasteiger partial charge is 0.344 e. The van der Waals surface area contributed by atoms with E-state index < -0.39 is 0 Å². The Morgan fingerprint density at radius 1 is 1.06 bits per heavy atom. The van der Waals surface area contributed by atoms with Gasteiger partial charge in [-0.3, -0.25) is 4.90 Å². The third-order valence-corrected chi connectivity index (χ3v) is 6.90. The van der Waals surface area contributed by atoms with E-state index in [2.05, 4.69) is 29.2 Å². The lowest BCUT2D eigenvalue weighted by Gasteiger charge is -2.26. The molecule has 5 rings (SSSR count). The van der Waals surface area contributed by atoms with E-state index >= 15 is 0 Å². The third kappa shape index (κ3) is 4.52. The average Bonchev–Trinajstić information content (AvgIpc) is 3.50. The SMILES string of the molecule is CN(Cc1ccc(Oc2ccccc2)cc1)[C@@H]1C[C@@H]2CN(C(=O)n3cc(Cl)cn3)C[C@@H]2C1. The molecule has 1 saturated heterocycles. The first-order chi connectivity index (χ1) is 15.5. The summed E-state index contributed by atoms with van der Waals surface area (Å²) in [5, 5.41) is 4.54. The Morgan fingerprint density at radius 2 is 1.72 bits per heavy atom. The molecule has 1 aliphatic heterocycles. The van der Waals surface area contributed by atoms with Crippen molar-refractivity contribution in [3.63, 3.8) is 0 Å². The number of amides is 1. The van der Waals surface area contributed by atoms with Crippen LogP contribution in [0.2, 0.25) is 5.02 Å². The van der Waals surface area contributed by atoms with Crippen LogP contribution in [0, 0.1) is 11.8 Å². The molecule has 0 spiro atoms. The molecule has 1 aromatic heterocycles. The zero-order chi connectivity index (χ0) is 22.1. The number of carbonyl (C=O) groups excluding carboxylic acids is 1. The Hall–Kier alpha value is -2.83. The fraction of sp³-hybridized carbons (Fsp3) is 0.360. The number of hydrogen-bond donors (Lipinski definition) is 0. The number of benzene rings is 2. The number of aromatic nitrogens is 2. The topological polar surface area (TPSA) is 50.6 Å². The molecule has 32 heavy (non-hydrogen) atoms. The van der Waals surface area contributed by atoms with Crippen LogP contribution in [0.1, 0.15) is 18.4 Å². The van der Waals surface area contributed by atoms with E-state index in [0.29, 0.717) is 22.9 Å². The van der Waals surface area contributed by atoms with Crippen LogP contribution in [0.4, 0.5) is 4.79 Å². The number of carbonyl (C=O) groups is 1. The first-order valence-electron chi connectivity index (χ1n) is 11.1. The van der Waals surface area contributed by atoms with Crippen LogP contribution in [0.15, 0.2) is 67.0 Å². The van der Waals surface area contributed by atoms with Crippen molar-refractivity contribution in [2.45, 2.75) is 25.4 Å². The molecule has 6 nitrogen and oxygen atoms in total. The zero-order valence-electron chi connectivity index (χ0n) is 18.1. The van der Waals surface area contributed by atoms with Gasteiger partial charge in [0, 0.05) is 25.7 Å². The second kappa shape index (κ2) is 8.96. The van der Waals surface area contributed by atoms with Crippen LogP contribution >= 0.6 is 11.6 Å². The van der Waals surface area contributed by atoms with Crippen LogP contribution < -0.4 is 4.74 Å². The summed E-state index contributed by atoms with van der Waals surface area (Å²) in [6, 6.07) is 18.6. The molecular weight excluding hydrogens is 424 g/mol. The van der Waals surface area contributed by atoms with Gasteiger partial charge in [0.15, 0.2) is 0 Å². The van der Waals surface area contributed by atoms with Gasteiger partial charge in [0.25, 0.3) is 0 Å². The predicted molar refractivity (Wildman–Crippen MR) is 124 cm³/mol. The van der Waals surface area contributed by atoms with Gasteiger partial charge in [-0.2, -0.15) is 9.78 Å². The van der Waals surface area contributed by atoms with Crippen LogP contribution in [-0.4, -0.2) is 51.8 Å². The lowest BCUT2D eigenvalue weighted by Crippen LogP contribution is -2.36. The molecule has 1 amide bonds. The van der Waals surface area contributed by atoms with Gasteiger partial charge >= 0.3 is 6.03 Å². The Balaban J connectivity index is 1.13. The molecule has 2 aliphatic rings. The standard InChI is InChI=1S/C25H27ClN4O2/c1-28(14-18-7-9-24(10-8-18)32-23-5-3-2-4-6-23)22-11-19-15-29(16-20(19)12-22)25(31)30-17-21(26)13-27-30/h2-10,13,17,19-20,22H,11-12,14-16H2,1H3/t19-,20+,22-. The minimum Gasteiger partial charge on any atom is -0.457 e. The second-order valence-corrected chi connectivity index (χ2v) is 9.35. The highest BCUT2D eigenvalue weighted by Gasteiger charge is 2.43. The molecule has 7 heteroatoms. The van der Waals surface area contributed by atoms with Crippen LogP contribution in [-0.2, 0) is 6.54 Å². The van der Waals surface area contributed by atoms with Gasteiger partial charge in [-0.1, -0.05) is 41.9 Å². The van der Waals surface area contributed by atoms with Gasteiger partial charge in [0.1, 0.15) is 11.5 Å². The van der Waals surface area contributed by atoms with Crippen LogP contribution in [0.25, 0.3) is 0 Å². The molecule has 1 saturated carbocycles. The van der Waals surface area contributed by atoms with E-state index in [1.54, 1.807) is 6.20 Å². The van der Waals surface area contributed by atoms with Crippen LogP contribution in [0.3, 0.4) is 0 Å². The second-order valence-electron chi connectivity index (χ2n) is 8.91. The van der Waals surface area contributed by atoms with Crippen molar-refractivity contribution in [1.29, 1.82) is 0 Å². The quantitative estimate of drug-likeness (QED) is 0.540. The molecule has 0 bridgehead atoms. The monoisotopic (exact) mass is 450 g/mol. The molecule has 166 valence electrons. The van der Waals surface area contributed by atoms with Crippen molar-refractivity contribution >= 4 is 17.6 Å². The molecular formula is C25H27ClN4O2. The Kier molecular flexibility index (Phi) is 5.89. The number of likely N-dealkylation sites (tertiary alicyclic amines) is 1. The normalized spacial score (nSPS) is 22.3. The van der Waals surface area contributed by atoms with Crippen LogP contribution in [0.5, 0.6) is 11.5 Å². The van der Waals surface area contributed by atoms with E-state index in [9.17, 15) is 4.79 Å². The Labute approximate surface area is 193 Å². The van der Waals surface area contributed by atoms with Gasteiger partial charge in [0.2, 0.25) is 0 Å². The summed E-state index contributed by atoms with van der Waals surface area (Å²) in [6.45, 7) is 2.51. The first-order valence-corrected chi connectivity index (χ1v) is 11.4. The summed E-state index contributed by atoms with van der Waals surface area (Å²) < 4.78 is 7.24. The van der Waals surface area contributed by atoms with Gasteiger partial charge < -0.3 is 9.64 Å². The van der Waals surface area contributed by atoms with Crippen molar-refractivity contribution in [2.24, 2.45) is 11.8 Å². The van der Waals surface area contributed by atoms with E-state index in [4.69, 9.17) is 16.3 Å². The molecule has 3 aromatic rings. The summed E-state index contributed by atoms with van der Waals surface area (Å²) >= 11 is 5.91. The van der Waals surface area contributed by atoms with E-state index in [1.165, 1.54) is 16.4 Å². The molecule has 3 atom stereocenters. The average molecular weight is 451 g/mol. The molecule has 0 radical (unpaired) electrons. The number of rotatable bonds is 5. The maximum atomic E-state index is 12.6. The first kappa shape index (κ1) is 21.0. The lowest BCUT2D eigenvalue weighted by atomic mass is 10.0. The van der Waals surface area contributed by atoms with Crippen molar-refractivity contribution in [2.75, 3.05) is 20.1 Å². The van der Waals surface area contributed by atoms with E-state index in [0.717, 1.165) is 44.0 Å². The number of hydrogen-bond acceptors (Lipinski definition) is 4. The maximum Gasteiger partial charge on any atom is 0.344 e. The van der Waals surface area contributed by atoms with Gasteiger partial charge in [-0.15, -0.1) is 0 Å². The zero-order valence-corrected chi connectivity index (χ0v) is 18.9. The molecule has 0 N–H and O–H groups in total. The van der Waals surface area contributed by atoms with E-state index in [1.807, 2.05) is 47.4 Å². The third-order valence-electron chi connectivity index (χ3n) is 6.70. The number of para-hydroxylation sites is 1. The van der Waals surface area contributed by atoms with Crippen molar-refractivity contribution in [1.82, 2.24) is 19.6 Å². The minimum atomic E-state index is -0.0750. The largest absolute Gasteiger partial charge is 0.457 e. The lowest BCUT2D eigenvalue weighted by molar-refractivity contribution is 0.192. The number of halogens is 1. The molecule has 2 fully saturated rings. The van der Waals surface area contributed by atoms with Gasteiger partial charge in [-0.05, 0) is 61.6 Å². The summed E-state index contributed by atoms with van der Waals surface area (Å²) in [5.74, 6) is 2.80. The predicted octanol–water partition coefficient (Wildman–Crippen LogP) is 5.14. The number of ether oxygens (including phenoxy) is 1. The Bertz CT molecular complexity index is 1060. The fourth-order valence-electron chi connectivity index (χ4n) is 5.04. The maximum absolute atomic E-state index is 12.6. The number of nitrogens with zero attached hydrogens (tertiary/aromatic N) is 4. The summed E-state index contributed by atoms with van der Waals surface area (Å²) in [6.07, 6.45) is 5.33. The number of fused-ring (bicyclic) bond motifs is 1. The van der Waals surface area contributed by atoms with Crippen molar-refractivity contribution in [3.05, 3.63) is 77.6 Å². The van der Waals surface area contributed by atoms with Crippen molar-refractivity contribution < 1.29 is 9.53 Å². The summed E-state index contributed by atoms with van der Waals surface area (Å²) in [5.41, 5.74) is 1.28. The summed E-state index contributed by atoms with van der Waals surface area (Å²) in [4.78, 5) is 17.0. The van der Waals surface area contributed by atoms with Crippen molar-refractivity contribution in [3.8, 4) is 11.5 Å². The van der Waals surface area contributed by atoms with E-state index in [-0.39, 0.29) is 6.03 Å². The minimum absolute atomic E-state index is 0.0750. The fourth-order valence-corrected chi connectivity index (χ4v) is 5.18. The highest BCUT2D eigenvalue weighted by molar-refractivity contribution is 6.30. The van der Waals surface area contributed by atoms with Gasteiger partial charge in [-0.25, -0.2) is 4.79 Å². The van der Waals surface area contributed by atoms with Gasteiger partial charge in [0.05, 0.1) is 17.4 Å². The Morgan fingerprint density at radius 3 is 2.34 bits per heavy atom. The highest BCUT2D eigenvalue weighted by Crippen LogP contribution is 2.40. The molecule has 1 aliphatic carbocycles. The molecule has 2 aromatic carbocycles. The molecule has 0 unspecified atom stereocenters.